The SMILES string of the molecule is Cc1cc(C)c(NC(=O)/C=C/c2cccc3cccnc23)c(C)n1. The van der Waals surface area contributed by atoms with Gasteiger partial charge in [0.05, 0.1) is 16.9 Å². The molecule has 0 saturated heterocycles. The molecule has 0 bridgehead atoms. The lowest BCUT2D eigenvalue weighted by atomic mass is 10.1. The molecule has 2 heterocycles. The lowest BCUT2D eigenvalue weighted by Crippen LogP contribution is -2.11. The predicted molar refractivity (Wildman–Crippen MR) is 97.9 cm³/mol. The molecule has 0 unspecified atom stereocenters. The molecule has 0 fully saturated rings. The van der Waals surface area contributed by atoms with Crippen LogP contribution in [0.25, 0.3) is 17.0 Å². The Bertz CT molecular complexity index is 916. The van der Waals surface area contributed by atoms with Crippen molar-refractivity contribution in [2.75, 3.05) is 5.32 Å². The van der Waals surface area contributed by atoms with Gasteiger partial charge in [-0.2, -0.15) is 0 Å². The Hall–Kier alpha value is -3.01. The van der Waals surface area contributed by atoms with E-state index in [-0.39, 0.29) is 5.91 Å². The van der Waals surface area contributed by atoms with Crippen LogP contribution >= 0.6 is 0 Å². The van der Waals surface area contributed by atoms with Gasteiger partial charge in [-0.3, -0.25) is 14.8 Å². The molecular weight excluding hydrogens is 298 g/mol. The molecule has 0 aliphatic heterocycles. The van der Waals surface area contributed by atoms with E-state index in [1.807, 2.05) is 57.2 Å². The molecule has 2 aromatic heterocycles. The molecule has 4 nitrogen and oxygen atoms in total. The van der Waals surface area contributed by atoms with Gasteiger partial charge in [-0.25, -0.2) is 0 Å². The number of hydrogen-bond donors (Lipinski definition) is 1. The molecule has 3 rings (SSSR count). The van der Waals surface area contributed by atoms with Gasteiger partial charge in [-0.1, -0.05) is 24.3 Å². The Balaban J connectivity index is 1.83. The number of carbonyl (C=O) groups excluding carboxylic acids is 1. The van der Waals surface area contributed by atoms with E-state index in [4.69, 9.17) is 0 Å². The third kappa shape index (κ3) is 3.33. The van der Waals surface area contributed by atoms with Crippen LogP contribution in [0.5, 0.6) is 0 Å². The highest BCUT2D eigenvalue weighted by Crippen LogP contribution is 2.20. The van der Waals surface area contributed by atoms with E-state index < -0.39 is 0 Å². The number of hydrogen-bond acceptors (Lipinski definition) is 3. The summed E-state index contributed by atoms with van der Waals surface area (Å²) >= 11 is 0. The number of anilines is 1. The highest BCUT2D eigenvalue weighted by molar-refractivity contribution is 6.03. The molecule has 0 radical (unpaired) electrons. The van der Waals surface area contributed by atoms with Crippen molar-refractivity contribution in [2.45, 2.75) is 20.8 Å². The monoisotopic (exact) mass is 317 g/mol. The van der Waals surface area contributed by atoms with Crippen LogP contribution in [0.15, 0.2) is 48.7 Å². The molecule has 0 atom stereocenters. The number of carbonyl (C=O) groups is 1. The summed E-state index contributed by atoms with van der Waals surface area (Å²) in [7, 11) is 0. The van der Waals surface area contributed by atoms with Crippen molar-refractivity contribution in [2.24, 2.45) is 0 Å². The minimum Gasteiger partial charge on any atom is -0.321 e. The Labute approximate surface area is 141 Å². The van der Waals surface area contributed by atoms with Crippen LogP contribution < -0.4 is 5.32 Å². The number of nitrogens with zero attached hydrogens (tertiary/aromatic N) is 2. The van der Waals surface area contributed by atoms with Gasteiger partial charge in [-0.05, 0) is 44.5 Å². The Morgan fingerprint density at radius 2 is 1.92 bits per heavy atom. The van der Waals surface area contributed by atoms with E-state index in [9.17, 15) is 4.79 Å². The summed E-state index contributed by atoms with van der Waals surface area (Å²) in [4.78, 5) is 21.1. The predicted octanol–water partition coefficient (Wildman–Crippen LogP) is 4.21. The van der Waals surface area contributed by atoms with Crippen LogP contribution in [0.3, 0.4) is 0 Å². The van der Waals surface area contributed by atoms with Crippen molar-refractivity contribution in [3.05, 3.63) is 71.2 Å². The van der Waals surface area contributed by atoms with Crippen molar-refractivity contribution < 1.29 is 4.79 Å². The van der Waals surface area contributed by atoms with Crippen LogP contribution in [-0.2, 0) is 4.79 Å². The zero-order valence-electron chi connectivity index (χ0n) is 14.0. The van der Waals surface area contributed by atoms with Crippen molar-refractivity contribution in [1.82, 2.24) is 9.97 Å². The summed E-state index contributed by atoms with van der Waals surface area (Å²) in [6.45, 7) is 5.81. The number of fused-ring (bicyclic) bond motifs is 1. The first-order valence-corrected chi connectivity index (χ1v) is 7.82. The van der Waals surface area contributed by atoms with Crippen molar-refractivity contribution in [3.8, 4) is 0 Å². The Morgan fingerprint density at radius 1 is 1.12 bits per heavy atom. The Kier molecular flexibility index (Phi) is 4.38. The van der Waals surface area contributed by atoms with Gasteiger partial charge in [0.2, 0.25) is 5.91 Å². The number of aryl methyl sites for hydroxylation is 3. The first-order chi connectivity index (χ1) is 11.5. The molecule has 120 valence electrons. The zero-order valence-corrected chi connectivity index (χ0v) is 14.0. The largest absolute Gasteiger partial charge is 0.321 e. The number of para-hydroxylation sites is 1. The second kappa shape index (κ2) is 6.62. The average Bonchev–Trinajstić information content (AvgIpc) is 2.56. The molecule has 1 N–H and O–H groups in total. The van der Waals surface area contributed by atoms with Crippen LogP contribution in [0.2, 0.25) is 0 Å². The van der Waals surface area contributed by atoms with E-state index >= 15 is 0 Å². The van der Waals surface area contributed by atoms with Gasteiger partial charge in [0.1, 0.15) is 0 Å². The topological polar surface area (TPSA) is 54.9 Å². The van der Waals surface area contributed by atoms with E-state index in [0.717, 1.165) is 39.1 Å². The number of rotatable bonds is 3. The fourth-order valence-corrected chi connectivity index (χ4v) is 2.81. The van der Waals surface area contributed by atoms with Crippen molar-refractivity contribution >= 4 is 28.6 Å². The molecule has 0 saturated carbocycles. The maximum Gasteiger partial charge on any atom is 0.248 e. The first-order valence-electron chi connectivity index (χ1n) is 7.82. The van der Waals surface area contributed by atoms with Gasteiger partial charge in [0.15, 0.2) is 0 Å². The van der Waals surface area contributed by atoms with Crippen LogP contribution in [0.4, 0.5) is 5.69 Å². The summed E-state index contributed by atoms with van der Waals surface area (Å²) in [6.07, 6.45) is 5.07. The highest BCUT2D eigenvalue weighted by Gasteiger charge is 2.07. The normalized spacial score (nSPS) is 11.1. The average molecular weight is 317 g/mol. The van der Waals surface area contributed by atoms with Gasteiger partial charge in [0, 0.05) is 28.9 Å². The van der Waals surface area contributed by atoms with Gasteiger partial charge < -0.3 is 5.32 Å². The maximum absolute atomic E-state index is 12.3. The fraction of sp³-hybridized carbons (Fsp3) is 0.150. The zero-order chi connectivity index (χ0) is 17.1. The quantitative estimate of drug-likeness (QED) is 0.736. The van der Waals surface area contributed by atoms with Crippen LogP contribution in [0.1, 0.15) is 22.5 Å². The molecule has 0 aliphatic rings. The smallest absolute Gasteiger partial charge is 0.248 e. The molecule has 4 heteroatoms. The van der Waals surface area contributed by atoms with Gasteiger partial charge >= 0.3 is 0 Å². The molecule has 0 spiro atoms. The second-order valence-corrected chi connectivity index (χ2v) is 5.79. The molecule has 0 aliphatic carbocycles. The van der Waals surface area contributed by atoms with E-state index in [1.54, 1.807) is 12.3 Å². The summed E-state index contributed by atoms with van der Waals surface area (Å²) in [5, 5.41) is 3.97. The number of benzene rings is 1. The second-order valence-electron chi connectivity index (χ2n) is 5.79. The molecule has 3 aromatic rings. The number of nitrogens with one attached hydrogen (secondary N) is 1. The minimum atomic E-state index is -0.181. The van der Waals surface area contributed by atoms with E-state index in [2.05, 4.69) is 15.3 Å². The van der Waals surface area contributed by atoms with E-state index in [1.165, 1.54) is 6.08 Å². The lowest BCUT2D eigenvalue weighted by Gasteiger charge is -2.10. The maximum atomic E-state index is 12.3. The lowest BCUT2D eigenvalue weighted by molar-refractivity contribution is -0.111. The van der Waals surface area contributed by atoms with Crippen LogP contribution in [0, 0.1) is 20.8 Å². The number of aromatic nitrogens is 2. The number of amides is 1. The number of pyridine rings is 2. The standard InChI is InChI=1S/C20H19N3O/c1-13-12-14(2)22-15(3)19(13)23-18(24)10-9-17-7-4-6-16-8-5-11-21-20(16)17/h4-12H,1-3H3,(H,23,24)/b10-9+. The molecular formula is C20H19N3O. The molecule has 1 aromatic carbocycles. The van der Waals surface area contributed by atoms with E-state index in [0.29, 0.717) is 0 Å². The fourth-order valence-electron chi connectivity index (χ4n) is 2.81. The minimum absolute atomic E-state index is 0.181. The van der Waals surface area contributed by atoms with Gasteiger partial charge in [0.25, 0.3) is 0 Å². The third-order valence-corrected chi connectivity index (χ3v) is 3.85. The molecule has 1 amide bonds. The Morgan fingerprint density at radius 3 is 2.71 bits per heavy atom. The summed E-state index contributed by atoms with van der Waals surface area (Å²) in [5.41, 5.74) is 5.34. The van der Waals surface area contributed by atoms with Gasteiger partial charge in [-0.15, -0.1) is 0 Å². The highest BCUT2D eigenvalue weighted by atomic mass is 16.1. The summed E-state index contributed by atoms with van der Waals surface area (Å²) in [5.74, 6) is -0.181. The first kappa shape index (κ1) is 15.9. The third-order valence-electron chi connectivity index (χ3n) is 3.85. The molecule has 24 heavy (non-hydrogen) atoms. The van der Waals surface area contributed by atoms with Crippen molar-refractivity contribution in [1.29, 1.82) is 0 Å². The summed E-state index contributed by atoms with van der Waals surface area (Å²) in [6, 6.07) is 11.8. The van der Waals surface area contributed by atoms with Crippen LogP contribution in [-0.4, -0.2) is 15.9 Å². The summed E-state index contributed by atoms with van der Waals surface area (Å²) < 4.78 is 0. The van der Waals surface area contributed by atoms with Crippen molar-refractivity contribution in [3.63, 3.8) is 0 Å².